The quantitative estimate of drug-likeness (QED) is 0.775. The number of aromatic nitrogens is 5. The summed E-state index contributed by atoms with van der Waals surface area (Å²) >= 11 is 0. The van der Waals surface area contributed by atoms with Gasteiger partial charge in [-0.2, -0.15) is 10.4 Å². The van der Waals surface area contributed by atoms with Gasteiger partial charge in [-0.05, 0) is 31.0 Å². The van der Waals surface area contributed by atoms with Gasteiger partial charge in [0.15, 0.2) is 5.69 Å². The molecule has 130 valence electrons. The first kappa shape index (κ1) is 16.0. The molecule has 1 aliphatic rings. The molecule has 1 fully saturated rings. The average molecular weight is 346 g/mol. The van der Waals surface area contributed by atoms with Crippen molar-refractivity contribution >= 4 is 17.3 Å². The molecule has 4 heterocycles. The van der Waals surface area contributed by atoms with Crippen LogP contribution in [-0.4, -0.2) is 37.8 Å². The summed E-state index contributed by atoms with van der Waals surface area (Å²) in [5, 5.41) is 16.7. The Kier molecular flexibility index (Phi) is 4.19. The fraction of sp³-hybridized carbons (Fsp3) is 0.278. The first-order valence-corrected chi connectivity index (χ1v) is 8.48. The Hall–Kier alpha value is -3.47. The zero-order valence-corrected chi connectivity index (χ0v) is 14.4. The molecular weight excluding hydrogens is 328 g/mol. The van der Waals surface area contributed by atoms with Crippen molar-refractivity contribution in [1.82, 2.24) is 24.7 Å². The molecule has 4 rings (SSSR count). The van der Waals surface area contributed by atoms with E-state index in [0.717, 1.165) is 37.3 Å². The van der Waals surface area contributed by atoms with E-state index in [2.05, 4.69) is 36.3 Å². The lowest BCUT2D eigenvalue weighted by Gasteiger charge is -2.18. The molecule has 1 aliphatic heterocycles. The molecule has 26 heavy (non-hydrogen) atoms. The first-order valence-electron chi connectivity index (χ1n) is 8.48. The number of pyridine rings is 1. The van der Waals surface area contributed by atoms with Crippen LogP contribution in [0.2, 0.25) is 0 Å². The molecule has 3 aromatic heterocycles. The van der Waals surface area contributed by atoms with Crippen LogP contribution < -0.4 is 10.2 Å². The number of rotatable bonds is 4. The lowest BCUT2D eigenvalue weighted by atomic mass is 10.2. The van der Waals surface area contributed by atoms with Crippen molar-refractivity contribution < 1.29 is 0 Å². The summed E-state index contributed by atoms with van der Waals surface area (Å²) in [4.78, 5) is 15.5. The fourth-order valence-electron chi connectivity index (χ4n) is 3.07. The van der Waals surface area contributed by atoms with E-state index in [9.17, 15) is 5.26 Å². The van der Waals surface area contributed by atoms with Crippen molar-refractivity contribution in [2.24, 2.45) is 7.05 Å². The molecule has 0 aliphatic carbocycles. The van der Waals surface area contributed by atoms with Crippen LogP contribution in [0.15, 0.2) is 36.8 Å². The molecule has 3 aromatic rings. The van der Waals surface area contributed by atoms with E-state index in [1.165, 1.54) is 0 Å². The van der Waals surface area contributed by atoms with E-state index in [1.54, 1.807) is 23.1 Å². The van der Waals surface area contributed by atoms with Crippen molar-refractivity contribution in [3.8, 4) is 17.5 Å². The van der Waals surface area contributed by atoms with Crippen molar-refractivity contribution in [1.29, 1.82) is 5.26 Å². The van der Waals surface area contributed by atoms with Crippen LogP contribution in [0.1, 0.15) is 18.5 Å². The number of aryl methyl sites for hydroxylation is 1. The highest BCUT2D eigenvalue weighted by Crippen LogP contribution is 2.26. The Morgan fingerprint density at radius 1 is 1.12 bits per heavy atom. The molecule has 1 N–H and O–H groups in total. The third-order valence-electron chi connectivity index (χ3n) is 4.31. The van der Waals surface area contributed by atoms with Gasteiger partial charge in [0.1, 0.15) is 6.07 Å². The first-order chi connectivity index (χ1) is 12.7. The van der Waals surface area contributed by atoms with Gasteiger partial charge in [-0.15, -0.1) is 0 Å². The van der Waals surface area contributed by atoms with E-state index in [1.807, 2.05) is 25.4 Å². The summed E-state index contributed by atoms with van der Waals surface area (Å²) in [5.41, 5.74) is 3.46. The summed E-state index contributed by atoms with van der Waals surface area (Å²) in [5.74, 6) is 0.458. The molecule has 0 amide bonds. The van der Waals surface area contributed by atoms with E-state index >= 15 is 0 Å². The number of hydrogen-bond donors (Lipinski definition) is 1. The van der Waals surface area contributed by atoms with Crippen LogP contribution in [0, 0.1) is 11.3 Å². The third-order valence-corrected chi connectivity index (χ3v) is 4.31. The molecular formula is C18H18N8. The zero-order chi connectivity index (χ0) is 17.9. The lowest BCUT2D eigenvalue weighted by molar-refractivity contribution is 0.768. The van der Waals surface area contributed by atoms with E-state index in [0.29, 0.717) is 23.0 Å². The van der Waals surface area contributed by atoms with E-state index in [-0.39, 0.29) is 0 Å². The standard InChI is InChI=1S/C18H18N8/c1-25-12-13(11-21-25)22-18-20-7-6-15(24-18)14-4-5-17(16(10-19)23-14)26-8-2-3-9-26/h4-7,11-12H,2-3,8-9H2,1H3,(H,20,22,24). The normalized spacial score (nSPS) is 13.6. The minimum Gasteiger partial charge on any atom is -0.369 e. The number of anilines is 3. The number of nitrogens with one attached hydrogen (secondary N) is 1. The largest absolute Gasteiger partial charge is 0.369 e. The summed E-state index contributed by atoms with van der Waals surface area (Å²) in [6.07, 6.45) is 7.52. The van der Waals surface area contributed by atoms with Gasteiger partial charge in [0.25, 0.3) is 0 Å². The van der Waals surface area contributed by atoms with Gasteiger partial charge in [0.05, 0.1) is 29.0 Å². The van der Waals surface area contributed by atoms with E-state index in [4.69, 9.17) is 0 Å². The third kappa shape index (κ3) is 3.19. The van der Waals surface area contributed by atoms with Crippen LogP contribution in [-0.2, 0) is 7.05 Å². The van der Waals surface area contributed by atoms with Crippen LogP contribution in [0.3, 0.4) is 0 Å². The predicted molar refractivity (Wildman–Crippen MR) is 97.9 cm³/mol. The monoisotopic (exact) mass is 346 g/mol. The smallest absolute Gasteiger partial charge is 0.227 e. The second-order valence-electron chi connectivity index (χ2n) is 6.16. The van der Waals surface area contributed by atoms with Crippen molar-refractivity contribution in [3.63, 3.8) is 0 Å². The van der Waals surface area contributed by atoms with Crippen LogP contribution >= 0.6 is 0 Å². The van der Waals surface area contributed by atoms with Gasteiger partial charge in [-0.25, -0.2) is 15.0 Å². The van der Waals surface area contributed by atoms with Crippen LogP contribution in [0.4, 0.5) is 17.3 Å². The number of nitriles is 1. The molecule has 1 saturated heterocycles. The summed E-state index contributed by atoms with van der Waals surface area (Å²) in [6, 6.07) is 7.87. The Balaban J connectivity index is 1.63. The minimum absolute atomic E-state index is 0.435. The summed E-state index contributed by atoms with van der Waals surface area (Å²) in [6.45, 7) is 1.95. The molecule has 0 radical (unpaired) electrons. The maximum atomic E-state index is 9.51. The topological polar surface area (TPSA) is 95.6 Å². The summed E-state index contributed by atoms with van der Waals surface area (Å²) in [7, 11) is 1.84. The minimum atomic E-state index is 0.435. The predicted octanol–water partition coefficient (Wildman–Crippen LogP) is 2.49. The maximum Gasteiger partial charge on any atom is 0.227 e. The van der Waals surface area contributed by atoms with Crippen molar-refractivity contribution in [2.75, 3.05) is 23.3 Å². The maximum absolute atomic E-state index is 9.51. The Labute approximate surface area is 151 Å². The molecule has 0 aromatic carbocycles. The highest BCUT2D eigenvalue weighted by Gasteiger charge is 2.17. The highest BCUT2D eigenvalue weighted by molar-refractivity contribution is 5.65. The number of hydrogen-bond acceptors (Lipinski definition) is 7. The Morgan fingerprint density at radius 2 is 1.92 bits per heavy atom. The Bertz CT molecular complexity index is 965. The summed E-state index contributed by atoms with van der Waals surface area (Å²) < 4.78 is 1.70. The fourth-order valence-corrected chi connectivity index (χ4v) is 3.07. The average Bonchev–Trinajstić information content (AvgIpc) is 3.33. The van der Waals surface area contributed by atoms with Gasteiger partial charge in [0.2, 0.25) is 5.95 Å². The lowest BCUT2D eigenvalue weighted by Crippen LogP contribution is -2.19. The molecule has 0 bridgehead atoms. The zero-order valence-electron chi connectivity index (χ0n) is 14.4. The van der Waals surface area contributed by atoms with Gasteiger partial charge < -0.3 is 10.2 Å². The molecule has 8 nitrogen and oxygen atoms in total. The molecule has 8 heteroatoms. The second-order valence-corrected chi connectivity index (χ2v) is 6.16. The van der Waals surface area contributed by atoms with Crippen molar-refractivity contribution in [3.05, 3.63) is 42.5 Å². The van der Waals surface area contributed by atoms with Crippen LogP contribution in [0.5, 0.6) is 0 Å². The van der Waals surface area contributed by atoms with Gasteiger partial charge in [-0.1, -0.05) is 0 Å². The molecule has 0 unspecified atom stereocenters. The Morgan fingerprint density at radius 3 is 2.65 bits per heavy atom. The van der Waals surface area contributed by atoms with Crippen molar-refractivity contribution in [2.45, 2.75) is 12.8 Å². The second kappa shape index (κ2) is 6.80. The highest BCUT2D eigenvalue weighted by atomic mass is 15.3. The van der Waals surface area contributed by atoms with Gasteiger partial charge in [0, 0.05) is 32.5 Å². The SMILES string of the molecule is Cn1cc(Nc2nccc(-c3ccc(N4CCCC4)c(C#N)n3)n2)cn1. The van der Waals surface area contributed by atoms with E-state index < -0.39 is 0 Å². The molecule has 0 spiro atoms. The molecule has 0 saturated carbocycles. The molecule has 0 atom stereocenters. The van der Waals surface area contributed by atoms with Gasteiger partial charge >= 0.3 is 0 Å². The number of nitrogens with zero attached hydrogens (tertiary/aromatic N) is 7. The van der Waals surface area contributed by atoms with Gasteiger partial charge in [-0.3, -0.25) is 4.68 Å². The van der Waals surface area contributed by atoms with Crippen LogP contribution in [0.25, 0.3) is 11.4 Å².